The molecule has 0 fully saturated rings. The third kappa shape index (κ3) is 3.56. The molecule has 2 rings (SSSR count). The molecule has 0 aliphatic heterocycles. The Labute approximate surface area is 122 Å². The van der Waals surface area contributed by atoms with E-state index in [0.717, 1.165) is 0 Å². The molecule has 3 N–H and O–H groups in total. The molecule has 2 atom stereocenters. The third-order valence-corrected chi connectivity index (χ3v) is 3.40. The first-order valence-electron chi connectivity index (χ1n) is 6.78. The summed E-state index contributed by atoms with van der Waals surface area (Å²) in [6.07, 6.45) is -1.96. The quantitative estimate of drug-likeness (QED) is 0.788. The maximum Gasteiger partial charge on any atom is 0.216 e. The Hall–Kier alpha value is -1.98. The number of carbonyl (C=O) groups excluding carboxylic acids is 1. The number of amides is 1. The molecule has 0 saturated carbocycles. The Bertz CT molecular complexity index is 644. The van der Waals surface area contributed by atoms with Crippen molar-refractivity contribution in [1.29, 1.82) is 0 Å². The summed E-state index contributed by atoms with van der Waals surface area (Å²) in [7, 11) is 0. The number of hydrogen-bond donors (Lipinski definition) is 3. The Morgan fingerprint density at radius 3 is 2.52 bits per heavy atom. The first-order valence-corrected chi connectivity index (χ1v) is 6.78. The van der Waals surface area contributed by atoms with Crippen molar-refractivity contribution >= 4 is 16.7 Å². The van der Waals surface area contributed by atoms with E-state index in [1.807, 2.05) is 0 Å². The zero-order valence-electron chi connectivity index (χ0n) is 11.7. The Morgan fingerprint density at radius 1 is 1.19 bits per heavy atom. The molecule has 2 unspecified atom stereocenters. The van der Waals surface area contributed by atoms with Crippen LogP contribution in [0.4, 0.5) is 4.39 Å². The average Bonchev–Trinajstić information content (AvgIpc) is 2.47. The molecule has 0 bridgehead atoms. The van der Waals surface area contributed by atoms with Gasteiger partial charge in [-0.05, 0) is 23.4 Å². The van der Waals surface area contributed by atoms with Gasteiger partial charge in [-0.25, -0.2) is 4.39 Å². The highest BCUT2D eigenvalue weighted by molar-refractivity contribution is 5.86. The summed E-state index contributed by atoms with van der Waals surface area (Å²) in [4.78, 5) is 10.8. The van der Waals surface area contributed by atoms with E-state index in [2.05, 4.69) is 5.32 Å². The fourth-order valence-corrected chi connectivity index (χ4v) is 2.30. The first kappa shape index (κ1) is 15.4. The SMILES string of the molecule is CC(=O)NCCC(O)C(O)c1ccc(F)c2ccccc12. The molecular weight excluding hydrogens is 273 g/mol. The molecule has 0 heterocycles. The fourth-order valence-electron chi connectivity index (χ4n) is 2.30. The predicted molar refractivity (Wildman–Crippen MR) is 78.2 cm³/mol. The van der Waals surface area contributed by atoms with Crippen LogP contribution in [0.25, 0.3) is 10.8 Å². The average molecular weight is 291 g/mol. The molecule has 2 aromatic rings. The van der Waals surface area contributed by atoms with Crippen LogP contribution in [-0.4, -0.2) is 28.8 Å². The number of halogens is 1. The summed E-state index contributed by atoms with van der Waals surface area (Å²) in [5, 5.41) is 23.8. The van der Waals surface area contributed by atoms with Crippen LogP contribution >= 0.6 is 0 Å². The van der Waals surface area contributed by atoms with Crippen LogP contribution in [0, 0.1) is 5.82 Å². The van der Waals surface area contributed by atoms with E-state index in [0.29, 0.717) is 16.3 Å². The van der Waals surface area contributed by atoms with Crippen molar-refractivity contribution in [2.75, 3.05) is 6.54 Å². The highest BCUT2D eigenvalue weighted by atomic mass is 19.1. The maximum absolute atomic E-state index is 13.7. The molecule has 0 radical (unpaired) electrons. The lowest BCUT2D eigenvalue weighted by Gasteiger charge is -2.20. The van der Waals surface area contributed by atoms with E-state index in [-0.39, 0.29) is 24.7 Å². The monoisotopic (exact) mass is 291 g/mol. The Morgan fingerprint density at radius 2 is 1.86 bits per heavy atom. The predicted octanol–water partition coefficient (Wildman–Crippen LogP) is 1.90. The number of benzene rings is 2. The minimum atomic E-state index is -1.13. The zero-order valence-corrected chi connectivity index (χ0v) is 11.7. The van der Waals surface area contributed by atoms with Crippen molar-refractivity contribution in [3.05, 3.63) is 47.8 Å². The van der Waals surface area contributed by atoms with Gasteiger partial charge in [-0.2, -0.15) is 0 Å². The second-order valence-corrected chi connectivity index (χ2v) is 4.97. The molecule has 0 aliphatic rings. The van der Waals surface area contributed by atoms with Crippen LogP contribution in [0.5, 0.6) is 0 Å². The highest BCUT2D eigenvalue weighted by Gasteiger charge is 2.21. The highest BCUT2D eigenvalue weighted by Crippen LogP contribution is 2.28. The van der Waals surface area contributed by atoms with E-state index in [4.69, 9.17) is 0 Å². The summed E-state index contributed by atoms with van der Waals surface area (Å²) in [6, 6.07) is 9.56. The lowest BCUT2D eigenvalue weighted by molar-refractivity contribution is -0.119. The summed E-state index contributed by atoms with van der Waals surface area (Å²) in [6.45, 7) is 1.66. The molecule has 4 nitrogen and oxygen atoms in total. The number of aliphatic hydroxyl groups excluding tert-OH is 2. The summed E-state index contributed by atoms with van der Waals surface area (Å²) in [5.74, 6) is -0.557. The van der Waals surface area contributed by atoms with Crippen LogP contribution in [0.3, 0.4) is 0 Å². The molecular formula is C16H18FNO3. The molecule has 0 saturated heterocycles. The molecule has 0 aliphatic carbocycles. The zero-order chi connectivity index (χ0) is 15.4. The van der Waals surface area contributed by atoms with E-state index in [1.54, 1.807) is 24.3 Å². The maximum atomic E-state index is 13.7. The normalized spacial score (nSPS) is 13.9. The van der Waals surface area contributed by atoms with Gasteiger partial charge in [0, 0.05) is 18.9 Å². The van der Waals surface area contributed by atoms with Crippen molar-refractivity contribution in [2.45, 2.75) is 25.6 Å². The summed E-state index contributed by atoms with van der Waals surface area (Å²) >= 11 is 0. The van der Waals surface area contributed by atoms with E-state index in [1.165, 1.54) is 19.1 Å². The van der Waals surface area contributed by atoms with Gasteiger partial charge in [-0.1, -0.05) is 30.3 Å². The fraction of sp³-hybridized carbons (Fsp3) is 0.312. The van der Waals surface area contributed by atoms with Gasteiger partial charge in [-0.3, -0.25) is 4.79 Å². The summed E-state index contributed by atoms with van der Waals surface area (Å²) in [5.41, 5.74) is 0.474. The lowest BCUT2D eigenvalue weighted by Crippen LogP contribution is -2.27. The van der Waals surface area contributed by atoms with Crippen molar-refractivity contribution in [3.8, 4) is 0 Å². The van der Waals surface area contributed by atoms with Gasteiger partial charge in [-0.15, -0.1) is 0 Å². The molecule has 1 amide bonds. The molecule has 5 heteroatoms. The van der Waals surface area contributed by atoms with Gasteiger partial charge in [0.05, 0.1) is 6.10 Å². The van der Waals surface area contributed by atoms with Crippen LogP contribution in [0.15, 0.2) is 36.4 Å². The van der Waals surface area contributed by atoms with E-state index in [9.17, 15) is 19.4 Å². The number of hydrogen-bond acceptors (Lipinski definition) is 3. The number of rotatable bonds is 5. The number of aliphatic hydroxyl groups is 2. The van der Waals surface area contributed by atoms with Crippen molar-refractivity contribution in [3.63, 3.8) is 0 Å². The molecule has 0 aromatic heterocycles. The van der Waals surface area contributed by atoms with E-state index < -0.39 is 12.2 Å². The van der Waals surface area contributed by atoms with Gasteiger partial charge in [0.1, 0.15) is 11.9 Å². The molecule has 0 spiro atoms. The first-order chi connectivity index (χ1) is 10.0. The summed E-state index contributed by atoms with van der Waals surface area (Å²) < 4.78 is 13.7. The number of nitrogens with one attached hydrogen (secondary N) is 1. The van der Waals surface area contributed by atoms with Gasteiger partial charge in [0.15, 0.2) is 0 Å². The standard InChI is InChI=1S/C16H18FNO3/c1-10(19)18-9-8-15(20)16(21)13-6-7-14(17)12-5-3-2-4-11(12)13/h2-7,15-16,20-21H,8-9H2,1H3,(H,18,19). The minimum absolute atomic E-state index is 0.191. The Balaban J connectivity index is 2.21. The largest absolute Gasteiger partial charge is 0.390 e. The second-order valence-electron chi connectivity index (χ2n) is 4.97. The molecule has 2 aromatic carbocycles. The third-order valence-electron chi connectivity index (χ3n) is 3.40. The molecule has 21 heavy (non-hydrogen) atoms. The van der Waals surface area contributed by atoms with Crippen LogP contribution in [-0.2, 0) is 4.79 Å². The van der Waals surface area contributed by atoms with Crippen molar-refractivity contribution in [2.24, 2.45) is 0 Å². The van der Waals surface area contributed by atoms with E-state index >= 15 is 0 Å². The van der Waals surface area contributed by atoms with Gasteiger partial charge < -0.3 is 15.5 Å². The smallest absolute Gasteiger partial charge is 0.216 e. The lowest BCUT2D eigenvalue weighted by atomic mass is 9.96. The number of carbonyl (C=O) groups is 1. The molecule has 112 valence electrons. The Kier molecular flexibility index (Phi) is 4.88. The van der Waals surface area contributed by atoms with Crippen LogP contribution in [0.1, 0.15) is 25.0 Å². The van der Waals surface area contributed by atoms with Gasteiger partial charge in [0.25, 0.3) is 0 Å². The van der Waals surface area contributed by atoms with Crippen LogP contribution < -0.4 is 5.32 Å². The minimum Gasteiger partial charge on any atom is -0.390 e. The second kappa shape index (κ2) is 6.65. The van der Waals surface area contributed by atoms with Crippen molar-refractivity contribution < 1.29 is 19.4 Å². The van der Waals surface area contributed by atoms with Gasteiger partial charge in [0.2, 0.25) is 5.91 Å². The number of fused-ring (bicyclic) bond motifs is 1. The van der Waals surface area contributed by atoms with Crippen LogP contribution in [0.2, 0.25) is 0 Å². The van der Waals surface area contributed by atoms with Crippen molar-refractivity contribution in [1.82, 2.24) is 5.32 Å². The van der Waals surface area contributed by atoms with Gasteiger partial charge >= 0.3 is 0 Å². The topological polar surface area (TPSA) is 69.6 Å².